The van der Waals surface area contributed by atoms with Crippen LogP contribution in [0.3, 0.4) is 0 Å². The number of anilines is 1. The number of ether oxygens (including phenoxy) is 1. The van der Waals surface area contributed by atoms with E-state index in [2.05, 4.69) is 40.5 Å². The fourth-order valence-corrected chi connectivity index (χ4v) is 2.10. The summed E-state index contributed by atoms with van der Waals surface area (Å²) >= 11 is 0. The van der Waals surface area contributed by atoms with Gasteiger partial charge in [0, 0.05) is 25.5 Å². The van der Waals surface area contributed by atoms with E-state index in [9.17, 15) is 4.79 Å². The maximum Gasteiger partial charge on any atom is 0.260 e. The summed E-state index contributed by atoms with van der Waals surface area (Å²) in [5.74, 6) is 1.52. The van der Waals surface area contributed by atoms with Gasteiger partial charge in [-0.15, -0.1) is 0 Å². The van der Waals surface area contributed by atoms with E-state index in [0.717, 1.165) is 0 Å². The van der Waals surface area contributed by atoms with Gasteiger partial charge >= 0.3 is 0 Å². The van der Waals surface area contributed by atoms with Gasteiger partial charge in [0.15, 0.2) is 6.10 Å². The Morgan fingerprint density at radius 2 is 1.88 bits per heavy atom. The van der Waals surface area contributed by atoms with Crippen LogP contribution in [0.15, 0.2) is 42.7 Å². The van der Waals surface area contributed by atoms with Crippen LogP contribution in [0.25, 0.3) is 0 Å². The van der Waals surface area contributed by atoms with Gasteiger partial charge in [0.25, 0.3) is 5.91 Å². The highest BCUT2D eigenvalue weighted by molar-refractivity contribution is 5.80. The zero-order valence-corrected chi connectivity index (χ0v) is 14.3. The van der Waals surface area contributed by atoms with Gasteiger partial charge in [0.1, 0.15) is 5.75 Å². The Hall–Kier alpha value is -2.63. The van der Waals surface area contributed by atoms with E-state index in [0.29, 0.717) is 30.7 Å². The Bertz CT molecular complexity index is 646. The zero-order valence-electron chi connectivity index (χ0n) is 14.3. The van der Waals surface area contributed by atoms with E-state index in [-0.39, 0.29) is 5.91 Å². The lowest BCUT2D eigenvalue weighted by atomic mass is 10.0. The minimum atomic E-state index is -0.555. The van der Waals surface area contributed by atoms with Crippen LogP contribution in [0.5, 0.6) is 5.75 Å². The van der Waals surface area contributed by atoms with Crippen molar-refractivity contribution in [3.63, 3.8) is 0 Å². The highest BCUT2D eigenvalue weighted by Gasteiger charge is 2.14. The molecule has 0 aliphatic carbocycles. The maximum absolute atomic E-state index is 12.1. The molecular formula is C18H24N4O2. The first-order chi connectivity index (χ1) is 11.6. The monoisotopic (exact) mass is 328 g/mol. The number of rotatable bonds is 8. The van der Waals surface area contributed by atoms with Gasteiger partial charge in [-0.1, -0.05) is 26.0 Å². The lowest BCUT2D eigenvalue weighted by molar-refractivity contribution is -0.127. The largest absolute Gasteiger partial charge is 0.481 e. The number of nitrogens with zero attached hydrogens (tertiary/aromatic N) is 2. The van der Waals surface area contributed by atoms with Gasteiger partial charge in [0.05, 0.1) is 0 Å². The summed E-state index contributed by atoms with van der Waals surface area (Å²) in [6, 6.07) is 9.59. The second-order valence-corrected chi connectivity index (χ2v) is 5.78. The first-order valence-corrected chi connectivity index (χ1v) is 8.11. The molecule has 0 spiro atoms. The molecule has 0 aliphatic heterocycles. The van der Waals surface area contributed by atoms with Crippen molar-refractivity contribution in [3.05, 3.63) is 48.3 Å². The van der Waals surface area contributed by atoms with Crippen LogP contribution in [-0.2, 0) is 4.79 Å². The summed E-state index contributed by atoms with van der Waals surface area (Å²) in [5, 5.41) is 5.86. The van der Waals surface area contributed by atoms with E-state index in [1.54, 1.807) is 25.4 Å². The molecule has 1 unspecified atom stereocenters. The number of benzene rings is 1. The van der Waals surface area contributed by atoms with Crippen LogP contribution in [-0.4, -0.2) is 35.1 Å². The minimum Gasteiger partial charge on any atom is -0.481 e. The number of aromatic nitrogens is 2. The fourth-order valence-electron chi connectivity index (χ4n) is 2.10. The van der Waals surface area contributed by atoms with Gasteiger partial charge in [-0.05, 0) is 36.6 Å². The van der Waals surface area contributed by atoms with Crippen molar-refractivity contribution in [3.8, 4) is 5.75 Å². The van der Waals surface area contributed by atoms with Crippen molar-refractivity contribution in [2.45, 2.75) is 32.8 Å². The molecule has 6 heteroatoms. The van der Waals surface area contributed by atoms with Crippen molar-refractivity contribution >= 4 is 11.9 Å². The van der Waals surface area contributed by atoms with E-state index < -0.39 is 6.10 Å². The van der Waals surface area contributed by atoms with Crippen LogP contribution >= 0.6 is 0 Å². The lowest BCUT2D eigenvalue weighted by Gasteiger charge is -2.16. The van der Waals surface area contributed by atoms with Gasteiger partial charge < -0.3 is 15.4 Å². The molecule has 6 nitrogen and oxygen atoms in total. The van der Waals surface area contributed by atoms with Gasteiger partial charge in [-0.25, -0.2) is 9.97 Å². The Morgan fingerprint density at radius 1 is 1.12 bits per heavy atom. The molecular weight excluding hydrogens is 304 g/mol. The van der Waals surface area contributed by atoms with Gasteiger partial charge in [-0.2, -0.15) is 0 Å². The number of nitrogens with one attached hydrogen (secondary N) is 2. The Kier molecular flexibility index (Phi) is 6.54. The Labute approximate surface area is 142 Å². The van der Waals surface area contributed by atoms with E-state index >= 15 is 0 Å². The van der Waals surface area contributed by atoms with Crippen LogP contribution in [0.2, 0.25) is 0 Å². The third kappa shape index (κ3) is 5.53. The van der Waals surface area contributed by atoms with Crippen molar-refractivity contribution < 1.29 is 9.53 Å². The van der Waals surface area contributed by atoms with Crippen molar-refractivity contribution in [2.75, 3.05) is 18.4 Å². The number of carbonyl (C=O) groups is 1. The molecule has 0 aliphatic rings. The van der Waals surface area contributed by atoms with Crippen LogP contribution in [0.1, 0.15) is 32.3 Å². The highest BCUT2D eigenvalue weighted by Crippen LogP contribution is 2.20. The van der Waals surface area contributed by atoms with Crippen molar-refractivity contribution in [1.29, 1.82) is 0 Å². The maximum atomic E-state index is 12.1. The Balaban J connectivity index is 1.75. The molecule has 0 saturated heterocycles. The second kappa shape index (κ2) is 8.86. The molecule has 24 heavy (non-hydrogen) atoms. The molecule has 1 heterocycles. The quantitative estimate of drug-likeness (QED) is 0.729. The number of amides is 1. The third-order valence-corrected chi connectivity index (χ3v) is 3.48. The molecule has 1 amide bonds. The molecule has 0 saturated carbocycles. The molecule has 1 aromatic heterocycles. The predicted molar refractivity (Wildman–Crippen MR) is 94.2 cm³/mol. The molecule has 0 fully saturated rings. The summed E-state index contributed by atoms with van der Waals surface area (Å²) in [7, 11) is 0. The minimum absolute atomic E-state index is 0.152. The van der Waals surface area contributed by atoms with Crippen LogP contribution in [0.4, 0.5) is 5.95 Å². The first kappa shape index (κ1) is 17.7. The zero-order chi connectivity index (χ0) is 17.4. The molecule has 1 atom stereocenters. The predicted octanol–water partition coefficient (Wildman–Crippen LogP) is 2.60. The average Bonchev–Trinajstić information content (AvgIpc) is 2.59. The van der Waals surface area contributed by atoms with Crippen LogP contribution in [0, 0.1) is 0 Å². The molecule has 0 bridgehead atoms. The summed E-state index contributed by atoms with van der Waals surface area (Å²) in [6.45, 7) is 7.00. The summed E-state index contributed by atoms with van der Waals surface area (Å²) < 4.78 is 5.73. The Morgan fingerprint density at radius 3 is 2.58 bits per heavy atom. The van der Waals surface area contributed by atoms with Gasteiger partial charge in [0.2, 0.25) is 5.95 Å². The highest BCUT2D eigenvalue weighted by atomic mass is 16.5. The molecule has 0 radical (unpaired) electrons. The number of carbonyl (C=O) groups excluding carboxylic acids is 1. The fraction of sp³-hybridized carbons (Fsp3) is 0.389. The molecule has 2 rings (SSSR count). The third-order valence-electron chi connectivity index (χ3n) is 3.48. The standard InChI is InChI=1S/C18H24N4O2/c1-13(2)15-6-4-7-16(12-15)24-14(3)17(23)19-10-11-22-18-20-8-5-9-21-18/h4-9,12-14H,10-11H2,1-3H3,(H,19,23)(H,20,21,22). The molecule has 2 aromatic rings. The van der Waals surface area contributed by atoms with E-state index in [4.69, 9.17) is 4.74 Å². The summed E-state index contributed by atoms with van der Waals surface area (Å²) in [5.41, 5.74) is 1.19. The SMILES string of the molecule is CC(Oc1cccc(C(C)C)c1)C(=O)NCCNc1ncccn1. The summed E-state index contributed by atoms with van der Waals surface area (Å²) in [6.07, 6.45) is 2.77. The number of hydrogen-bond acceptors (Lipinski definition) is 5. The number of hydrogen-bond donors (Lipinski definition) is 2. The first-order valence-electron chi connectivity index (χ1n) is 8.11. The second-order valence-electron chi connectivity index (χ2n) is 5.78. The van der Waals surface area contributed by atoms with Crippen molar-refractivity contribution in [2.24, 2.45) is 0 Å². The van der Waals surface area contributed by atoms with Crippen LogP contribution < -0.4 is 15.4 Å². The van der Waals surface area contributed by atoms with E-state index in [1.807, 2.05) is 18.2 Å². The average molecular weight is 328 g/mol. The molecule has 1 aromatic carbocycles. The lowest BCUT2D eigenvalue weighted by Crippen LogP contribution is -2.38. The van der Waals surface area contributed by atoms with Crippen molar-refractivity contribution in [1.82, 2.24) is 15.3 Å². The molecule has 128 valence electrons. The smallest absolute Gasteiger partial charge is 0.260 e. The normalized spacial score (nSPS) is 11.8. The topological polar surface area (TPSA) is 76.1 Å². The molecule has 2 N–H and O–H groups in total. The van der Waals surface area contributed by atoms with E-state index in [1.165, 1.54) is 5.56 Å². The van der Waals surface area contributed by atoms with Gasteiger partial charge in [-0.3, -0.25) is 4.79 Å². The summed E-state index contributed by atoms with van der Waals surface area (Å²) in [4.78, 5) is 20.2.